The molecular formula is C15H21N5S. The summed E-state index contributed by atoms with van der Waals surface area (Å²) in [7, 11) is 0. The molecule has 1 saturated heterocycles. The zero-order valence-electron chi connectivity index (χ0n) is 12.8. The maximum Gasteiger partial charge on any atom is 0.185 e. The minimum atomic E-state index is 0.365. The van der Waals surface area contributed by atoms with Crippen molar-refractivity contribution in [2.75, 3.05) is 36.0 Å². The van der Waals surface area contributed by atoms with Gasteiger partial charge in [0.05, 0.1) is 5.69 Å². The topological polar surface area (TPSA) is 45.2 Å². The molecule has 1 aliphatic heterocycles. The van der Waals surface area contributed by atoms with Gasteiger partial charge >= 0.3 is 0 Å². The summed E-state index contributed by atoms with van der Waals surface area (Å²) in [4.78, 5) is 18.3. The van der Waals surface area contributed by atoms with Crippen LogP contribution in [0.15, 0.2) is 17.6 Å². The van der Waals surface area contributed by atoms with E-state index in [4.69, 9.17) is 0 Å². The molecule has 6 heteroatoms. The van der Waals surface area contributed by atoms with Crippen LogP contribution in [-0.2, 0) is 0 Å². The molecule has 0 aliphatic carbocycles. The first-order chi connectivity index (χ1) is 10.1. The van der Waals surface area contributed by atoms with Gasteiger partial charge in [-0.05, 0) is 13.0 Å². The van der Waals surface area contributed by atoms with Crippen LogP contribution in [0.25, 0.3) is 0 Å². The van der Waals surface area contributed by atoms with Gasteiger partial charge in [0, 0.05) is 43.7 Å². The number of piperazine rings is 1. The van der Waals surface area contributed by atoms with Gasteiger partial charge in [-0.1, -0.05) is 13.8 Å². The molecule has 0 N–H and O–H groups in total. The fourth-order valence-electron chi connectivity index (χ4n) is 2.43. The molecular weight excluding hydrogens is 282 g/mol. The van der Waals surface area contributed by atoms with Gasteiger partial charge in [-0.25, -0.2) is 15.0 Å². The van der Waals surface area contributed by atoms with E-state index in [1.54, 1.807) is 11.3 Å². The molecule has 3 heterocycles. The molecule has 21 heavy (non-hydrogen) atoms. The Hall–Kier alpha value is -1.69. The van der Waals surface area contributed by atoms with E-state index in [9.17, 15) is 0 Å². The molecule has 112 valence electrons. The van der Waals surface area contributed by atoms with Crippen molar-refractivity contribution < 1.29 is 0 Å². The zero-order chi connectivity index (χ0) is 14.8. The monoisotopic (exact) mass is 303 g/mol. The molecule has 0 atom stereocenters. The third-order valence-corrected chi connectivity index (χ3v) is 4.68. The third-order valence-electron chi connectivity index (χ3n) is 3.66. The number of nitrogens with zero attached hydrogens (tertiary/aromatic N) is 5. The second-order valence-electron chi connectivity index (χ2n) is 5.67. The quantitative estimate of drug-likeness (QED) is 0.872. The van der Waals surface area contributed by atoms with Crippen molar-refractivity contribution >= 4 is 22.3 Å². The van der Waals surface area contributed by atoms with Gasteiger partial charge in [0.25, 0.3) is 0 Å². The molecule has 0 radical (unpaired) electrons. The van der Waals surface area contributed by atoms with Gasteiger partial charge in [-0.3, -0.25) is 0 Å². The first-order valence-electron chi connectivity index (χ1n) is 7.38. The molecule has 0 bridgehead atoms. The number of anilines is 2. The summed E-state index contributed by atoms with van der Waals surface area (Å²) in [6.45, 7) is 10.2. The molecule has 0 amide bonds. The lowest BCUT2D eigenvalue weighted by Crippen LogP contribution is -2.46. The lowest BCUT2D eigenvalue weighted by Gasteiger charge is -2.35. The van der Waals surface area contributed by atoms with Crippen LogP contribution < -0.4 is 9.80 Å². The lowest BCUT2D eigenvalue weighted by molar-refractivity contribution is 0.640. The van der Waals surface area contributed by atoms with E-state index in [0.717, 1.165) is 48.6 Å². The Bertz CT molecular complexity index is 602. The van der Waals surface area contributed by atoms with E-state index in [0.29, 0.717) is 5.92 Å². The molecule has 0 unspecified atom stereocenters. The Balaban J connectivity index is 1.67. The highest BCUT2D eigenvalue weighted by Gasteiger charge is 2.20. The fraction of sp³-hybridized carbons (Fsp3) is 0.533. The molecule has 2 aromatic rings. The van der Waals surface area contributed by atoms with Crippen LogP contribution in [0.3, 0.4) is 0 Å². The Labute approximate surface area is 129 Å². The summed E-state index contributed by atoms with van der Waals surface area (Å²) in [6.07, 6.45) is 1.87. The highest BCUT2D eigenvalue weighted by molar-refractivity contribution is 7.13. The van der Waals surface area contributed by atoms with Crippen LogP contribution in [0.4, 0.5) is 10.9 Å². The summed E-state index contributed by atoms with van der Waals surface area (Å²) in [5.41, 5.74) is 1.11. The van der Waals surface area contributed by atoms with Gasteiger partial charge < -0.3 is 9.80 Å². The maximum absolute atomic E-state index is 4.68. The average molecular weight is 303 g/mol. The van der Waals surface area contributed by atoms with Crippen LogP contribution in [0, 0.1) is 6.92 Å². The third kappa shape index (κ3) is 3.15. The van der Waals surface area contributed by atoms with Crippen LogP contribution in [-0.4, -0.2) is 41.1 Å². The minimum Gasteiger partial charge on any atom is -0.353 e. The predicted molar refractivity (Wildman–Crippen MR) is 87.4 cm³/mol. The normalized spacial score (nSPS) is 15.8. The SMILES string of the molecule is Cc1csc(N2CCN(c3ccnc(C(C)C)n3)CC2)n1. The van der Waals surface area contributed by atoms with E-state index in [2.05, 4.69) is 44.0 Å². The van der Waals surface area contributed by atoms with Crippen molar-refractivity contribution in [2.45, 2.75) is 26.7 Å². The first-order valence-corrected chi connectivity index (χ1v) is 8.26. The number of aromatic nitrogens is 3. The van der Waals surface area contributed by atoms with Gasteiger partial charge in [0.15, 0.2) is 5.13 Å². The summed E-state index contributed by atoms with van der Waals surface area (Å²) in [5, 5.41) is 3.25. The summed E-state index contributed by atoms with van der Waals surface area (Å²) < 4.78 is 0. The molecule has 5 nitrogen and oxygen atoms in total. The smallest absolute Gasteiger partial charge is 0.185 e. The van der Waals surface area contributed by atoms with E-state index < -0.39 is 0 Å². The molecule has 1 fully saturated rings. The second kappa shape index (κ2) is 5.97. The van der Waals surface area contributed by atoms with Gasteiger partial charge in [0.2, 0.25) is 0 Å². The molecule has 2 aromatic heterocycles. The van der Waals surface area contributed by atoms with Crippen LogP contribution >= 0.6 is 11.3 Å². The van der Waals surface area contributed by atoms with E-state index in [1.807, 2.05) is 19.2 Å². The van der Waals surface area contributed by atoms with E-state index in [-0.39, 0.29) is 0 Å². The minimum absolute atomic E-state index is 0.365. The summed E-state index contributed by atoms with van der Waals surface area (Å²) in [6, 6.07) is 2.01. The van der Waals surface area contributed by atoms with Crippen molar-refractivity contribution in [3.8, 4) is 0 Å². The van der Waals surface area contributed by atoms with Crippen molar-refractivity contribution in [3.63, 3.8) is 0 Å². The molecule has 0 spiro atoms. The van der Waals surface area contributed by atoms with Crippen molar-refractivity contribution in [1.29, 1.82) is 0 Å². The Morgan fingerprint density at radius 1 is 1.10 bits per heavy atom. The fourth-order valence-corrected chi connectivity index (χ4v) is 3.29. The number of rotatable bonds is 3. The van der Waals surface area contributed by atoms with Crippen LogP contribution in [0.2, 0.25) is 0 Å². The number of hydrogen-bond donors (Lipinski definition) is 0. The number of aryl methyl sites for hydroxylation is 1. The van der Waals surface area contributed by atoms with Crippen molar-refractivity contribution in [2.24, 2.45) is 0 Å². The van der Waals surface area contributed by atoms with E-state index >= 15 is 0 Å². The summed E-state index contributed by atoms with van der Waals surface area (Å²) in [5.74, 6) is 2.33. The second-order valence-corrected chi connectivity index (χ2v) is 6.51. The predicted octanol–water partition coefficient (Wildman–Crippen LogP) is 2.69. The Morgan fingerprint density at radius 2 is 1.81 bits per heavy atom. The van der Waals surface area contributed by atoms with E-state index in [1.165, 1.54) is 0 Å². The van der Waals surface area contributed by atoms with Crippen LogP contribution in [0.1, 0.15) is 31.3 Å². The zero-order valence-corrected chi connectivity index (χ0v) is 13.6. The molecule has 3 rings (SSSR count). The van der Waals surface area contributed by atoms with Gasteiger partial charge in [-0.2, -0.15) is 0 Å². The number of thiazole rings is 1. The number of hydrogen-bond acceptors (Lipinski definition) is 6. The standard InChI is InChI=1S/C15H21N5S/c1-11(2)14-16-5-4-13(18-14)19-6-8-20(9-7-19)15-17-12(3)10-21-15/h4-5,10-11H,6-9H2,1-3H3. The molecule has 0 saturated carbocycles. The van der Waals surface area contributed by atoms with Gasteiger partial charge in [0.1, 0.15) is 11.6 Å². The van der Waals surface area contributed by atoms with Gasteiger partial charge in [-0.15, -0.1) is 11.3 Å². The molecule has 0 aromatic carbocycles. The molecule has 1 aliphatic rings. The summed E-state index contributed by atoms with van der Waals surface area (Å²) >= 11 is 1.73. The lowest BCUT2D eigenvalue weighted by atomic mass is 10.2. The van der Waals surface area contributed by atoms with Crippen molar-refractivity contribution in [3.05, 3.63) is 29.2 Å². The average Bonchev–Trinajstić information content (AvgIpc) is 2.94. The maximum atomic E-state index is 4.68. The van der Waals surface area contributed by atoms with Crippen molar-refractivity contribution in [1.82, 2.24) is 15.0 Å². The highest BCUT2D eigenvalue weighted by atomic mass is 32.1. The Morgan fingerprint density at radius 3 is 2.43 bits per heavy atom. The Kier molecular flexibility index (Phi) is 4.05. The van der Waals surface area contributed by atoms with Crippen LogP contribution in [0.5, 0.6) is 0 Å². The highest BCUT2D eigenvalue weighted by Crippen LogP contribution is 2.23. The first kappa shape index (κ1) is 14.3. The largest absolute Gasteiger partial charge is 0.353 e.